The second-order valence-corrected chi connectivity index (χ2v) is 4.08. The lowest BCUT2D eigenvalue weighted by Crippen LogP contribution is -1.83. The van der Waals surface area contributed by atoms with E-state index >= 15 is 0 Å². The van der Waals surface area contributed by atoms with Crippen LogP contribution in [0.5, 0.6) is 0 Å². The molecule has 2 aromatic carbocycles. The zero-order chi connectivity index (χ0) is 12.4. The molecular weight excluding hydrogens is 220 g/mol. The maximum absolute atomic E-state index is 6.94. The van der Waals surface area contributed by atoms with Crippen molar-refractivity contribution in [2.24, 2.45) is 0 Å². The summed E-state index contributed by atoms with van der Waals surface area (Å²) < 4.78 is 0. The van der Waals surface area contributed by atoms with E-state index in [1.807, 2.05) is 48.7 Å². The molecule has 0 bridgehead atoms. The summed E-state index contributed by atoms with van der Waals surface area (Å²) in [7, 11) is 0. The van der Waals surface area contributed by atoms with Gasteiger partial charge in [0.05, 0.1) is 12.3 Å². The summed E-state index contributed by atoms with van der Waals surface area (Å²) in [5.74, 6) is 0. The first-order valence-electron chi connectivity index (χ1n) is 5.69. The number of aromatic nitrogens is 1. The van der Waals surface area contributed by atoms with Crippen LogP contribution >= 0.6 is 0 Å². The Kier molecular flexibility index (Phi) is 2.51. The van der Waals surface area contributed by atoms with Crippen LogP contribution in [0.2, 0.25) is 0 Å². The fraction of sp³-hybridized carbons (Fsp3) is 0. The van der Waals surface area contributed by atoms with Gasteiger partial charge in [0.2, 0.25) is 0 Å². The van der Waals surface area contributed by atoms with Gasteiger partial charge in [-0.05, 0) is 17.0 Å². The van der Waals surface area contributed by atoms with Crippen LogP contribution in [-0.2, 0) is 0 Å². The molecule has 3 rings (SSSR count). The Hall–Kier alpha value is -2.66. The Labute approximate surface area is 105 Å². The monoisotopic (exact) mass is 230 g/mol. The van der Waals surface area contributed by atoms with Gasteiger partial charge in [-0.1, -0.05) is 48.5 Å². The number of nitrogens with zero attached hydrogens (tertiary/aromatic N) is 2. The van der Waals surface area contributed by atoms with Crippen molar-refractivity contribution in [2.75, 3.05) is 0 Å². The molecular formula is C16H10N2. The van der Waals surface area contributed by atoms with Crippen molar-refractivity contribution in [1.29, 1.82) is 0 Å². The molecule has 0 saturated carbocycles. The van der Waals surface area contributed by atoms with Gasteiger partial charge in [-0.15, -0.1) is 0 Å². The van der Waals surface area contributed by atoms with Crippen LogP contribution < -0.4 is 0 Å². The molecule has 2 nitrogen and oxygen atoms in total. The van der Waals surface area contributed by atoms with Gasteiger partial charge in [0.15, 0.2) is 5.69 Å². The van der Waals surface area contributed by atoms with Crippen LogP contribution in [0.3, 0.4) is 0 Å². The quantitative estimate of drug-likeness (QED) is 0.564. The van der Waals surface area contributed by atoms with Crippen LogP contribution in [-0.4, -0.2) is 4.98 Å². The zero-order valence-electron chi connectivity index (χ0n) is 9.67. The van der Waals surface area contributed by atoms with Crippen molar-refractivity contribution >= 4 is 16.5 Å². The second-order valence-electron chi connectivity index (χ2n) is 4.08. The minimum atomic E-state index is 0.652. The molecule has 0 aliphatic heterocycles. The van der Waals surface area contributed by atoms with E-state index < -0.39 is 0 Å². The fourth-order valence-electron chi connectivity index (χ4n) is 1.95. The van der Waals surface area contributed by atoms with Gasteiger partial charge in [-0.2, -0.15) is 0 Å². The van der Waals surface area contributed by atoms with E-state index in [2.05, 4.69) is 22.0 Å². The third kappa shape index (κ3) is 1.83. The first-order valence-corrected chi connectivity index (χ1v) is 5.69. The molecule has 0 radical (unpaired) electrons. The Morgan fingerprint density at radius 2 is 1.61 bits per heavy atom. The predicted octanol–water partition coefficient (Wildman–Crippen LogP) is 4.45. The molecule has 18 heavy (non-hydrogen) atoms. The smallest absolute Gasteiger partial charge is 0.187 e. The number of pyridine rings is 1. The molecule has 0 unspecified atom stereocenters. The van der Waals surface area contributed by atoms with Crippen molar-refractivity contribution in [3.8, 4) is 11.3 Å². The molecule has 0 atom stereocenters. The van der Waals surface area contributed by atoms with E-state index in [0.717, 1.165) is 16.6 Å². The van der Waals surface area contributed by atoms with Crippen LogP contribution in [0.15, 0.2) is 60.8 Å². The molecule has 0 N–H and O–H groups in total. The van der Waals surface area contributed by atoms with Crippen molar-refractivity contribution in [3.63, 3.8) is 0 Å². The maximum Gasteiger partial charge on any atom is 0.187 e. The molecule has 84 valence electrons. The molecule has 2 heteroatoms. The van der Waals surface area contributed by atoms with Crippen molar-refractivity contribution in [1.82, 2.24) is 4.98 Å². The standard InChI is InChI=1S/C16H10N2/c1-17-15-8-6-12(7-9-15)16-10-13-4-2-3-5-14(13)11-18-16/h2-11H. The summed E-state index contributed by atoms with van der Waals surface area (Å²) in [6.45, 7) is 6.94. The SMILES string of the molecule is [C-]#[N+]c1ccc(-c2cc3ccccc3cn2)cc1. The molecule has 0 saturated heterocycles. The minimum absolute atomic E-state index is 0.652. The third-order valence-corrected chi connectivity index (χ3v) is 2.92. The molecule has 1 aromatic heterocycles. The van der Waals surface area contributed by atoms with E-state index in [9.17, 15) is 0 Å². The highest BCUT2D eigenvalue weighted by Crippen LogP contribution is 2.23. The Balaban J connectivity index is 2.10. The van der Waals surface area contributed by atoms with Crippen molar-refractivity contribution in [3.05, 3.63) is 72.2 Å². The predicted molar refractivity (Wildman–Crippen MR) is 73.4 cm³/mol. The summed E-state index contributed by atoms with van der Waals surface area (Å²) in [6.07, 6.45) is 1.88. The normalized spacial score (nSPS) is 10.2. The molecule has 3 aromatic rings. The van der Waals surface area contributed by atoms with E-state index in [1.165, 1.54) is 5.39 Å². The van der Waals surface area contributed by atoms with Crippen molar-refractivity contribution in [2.45, 2.75) is 0 Å². The lowest BCUT2D eigenvalue weighted by molar-refractivity contribution is 1.36. The molecule has 0 amide bonds. The van der Waals surface area contributed by atoms with Gasteiger partial charge in [0.25, 0.3) is 0 Å². The Bertz CT molecular complexity index is 737. The number of rotatable bonds is 1. The number of hydrogen-bond donors (Lipinski definition) is 0. The summed E-state index contributed by atoms with van der Waals surface area (Å²) >= 11 is 0. The van der Waals surface area contributed by atoms with E-state index in [0.29, 0.717) is 5.69 Å². The third-order valence-electron chi connectivity index (χ3n) is 2.92. The van der Waals surface area contributed by atoms with Gasteiger partial charge < -0.3 is 0 Å². The summed E-state index contributed by atoms with van der Waals surface area (Å²) in [4.78, 5) is 7.84. The van der Waals surface area contributed by atoms with Gasteiger partial charge in [0, 0.05) is 11.6 Å². The van der Waals surface area contributed by atoms with Gasteiger partial charge in [-0.3, -0.25) is 4.98 Å². The van der Waals surface area contributed by atoms with E-state index in [-0.39, 0.29) is 0 Å². The maximum atomic E-state index is 6.94. The average molecular weight is 230 g/mol. The van der Waals surface area contributed by atoms with Crippen LogP contribution in [0.25, 0.3) is 26.9 Å². The van der Waals surface area contributed by atoms with E-state index in [4.69, 9.17) is 6.57 Å². The molecule has 0 aliphatic rings. The first kappa shape index (κ1) is 10.5. The minimum Gasteiger partial charge on any atom is -0.256 e. The molecule has 0 spiro atoms. The van der Waals surface area contributed by atoms with E-state index in [1.54, 1.807) is 0 Å². The highest BCUT2D eigenvalue weighted by molar-refractivity contribution is 5.85. The largest absolute Gasteiger partial charge is 0.256 e. The summed E-state index contributed by atoms with van der Waals surface area (Å²) in [6, 6.07) is 17.7. The van der Waals surface area contributed by atoms with Gasteiger partial charge in [-0.25, -0.2) is 4.85 Å². The molecule has 0 aliphatic carbocycles. The van der Waals surface area contributed by atoms with Crippen LogP contribution in [0.4, 0.5) is 5.69 Å². The summed E-state index contributed by atoms with van der Waals surface area (Å²) in [5, 5.41) is 2.32. The first-order chi connectivity index (χ1) is 8.86. The molecule has 1 heterocycles. The lowest BCUT2D eigenvalue weighted by atomic mass is 10.1. The molecule has 0 fully saturated rings. The zero-order valence-corrected chi connectivity index (χ0v) is 9.67. The average Bonchev–Trinajstić information content (AvgIpc) is 2.47. The number of hydrogen-bond acceptors (Lipinski definition) is 1. The summed E-state index contributed by atoms with van der Waals surface area (Å²) in [5.41, 5.74) is 2.62. The highest BCUT2D eigenvalue weighted by Gasteiger charge is 2.01. The van der Waals surface area contributed by atoms with Gasteiger partial charge >= 0.3 is 0 Å². The topological polar surface area (TPSA) is 17.2 Å². The van der Waals surface area contributed by atoms with Gasteiger partial charge in [0.1, 0.15) is 0 Å². The fourth-order valence-corrected chi connectivity index (χ4v) is 1.95. The van der Waals surface area contributed by atoms with Crippen LogP contribution in [0.1, 0.15) is 0 Å². The highest BCUT2D eigenvalue weighted by atomic mass is 14.7. The van der Waals surface area contributed by atoms with Crippen molar-refractivity contribution < 1.29 is 0 Å². The van der Waals surface area contributed by atoms with Crippen LogP contribution in [0, 0.1) is 6.57 Å². The second kappa shape index (κ2) is 4.31. The Morgan fingerprint density at radius 1 is 0.889 bits per heavy atom. The Morgan fingerprint density at radius 3 is 2.33 bits per heavy atom. The lowest BCUT2D eigenvalue weighted by Gasteiger charge is -2.03. The number of fused-ring (bicyclic) bond motifs is 1. The number of benzene rings is 2.